The fourth-order valence-electron chi connectivity index (χ4n) is 2.69. The van der Waals surface area contributed by atoms with E-state index in [1.165, 1.54) is 25.9 Å². The fraction of sp³-hybridized carbons (Fsp3) is 0.857. The molecule has 0 radical (unpaired) electrons. The summed E-state index contributed by atoms with van der Waals surface area (Å²) in [4.78, 5) is 2.61. The first kappa shape index (κ1) is 13.5. The number of terminal acetylenes is 1. The van der Waals surface area contributed by atoms with Crippen molar-refractivity contribution >= 4 is 0 Å². The number of hydrogen-bond donors (Lipinski definition) is 1. The van der Waals surface area contributed by atoms with Crippen LogP contribution in [-0.4, -0.2) is 36.1 Å². The van der Waals surface area contributed by atoms with Crippen molar-refractivity contribution < 1.29 is 0 Å². The van der Waals surface area contributed by atoms with Crippen LogP contribution < -0.4 is 5.32 Å². The van der Waals surface area contributed by atoms with Crippen LogP contribution in [0.2, 0.25) is 0 Å². The Morgan fingerprint density at radius 2 is 2.00 bits per heavy atom. The largest absolute Gasteiger partial charge is 0.312 e. The summed E-state index contributed by atoms with van der Waals surface area (Å²) in [6, 6.07) is 0.506. The molecule has 92 valence electrons. The number of rotatable bonds is 6. The normalized spacial score (nSPS) is 19.6. The summed E-state index contributed by atoms with van der Waals surface area (Å²) < 4.78 is 0. The third-order valence-corrected chi connectivity index (χ3v) is 3.80. The zero-order chi connectivity index (χ0) is 12.0. The second-order valence-corrected chi connectivity index (χ2v) is 5.20. The maximum absolute atomic E-state index is 5.38. The lowest BCUT2D eigenvalue weighted by molar-refractivity contribution is 0.104. The summed E-state index contributed by atoms with van der Waals surface area (Å²) in [6.45, 7) is 10.4. The molecule has 0 amide bonds. The second-order valence-electron chi connectivity index (χ2n) is 5.20. The molecule has 1 fully saturated rings. The minimum Gasteiger partial charge on any atom is -0.312 e. The van der Waals surface area contributed by atoms with E-state index in [4.69, 9.17) is 6.42 Å². The zero-order valence-corrected chi connectivity index (χ0v) is 11.1. The Morgan fingerprint density at radius 1 is 1.38 bits per heavy atom. The Balaban J connectivity index is 2.62. The average Bonchev–Trinajstić information content (AvgIpc) is 2.77. The van der Waals surface area contributed by atoms with Crippen LogP contribution in [0.15, 0.2) is 0 Å². The highest BCUT2D eigenvalue weighted by Gasteiger charge is 2.35. The van der Waals surface area contributed by atoms with E-state index in [9.17, 15) is 0 Å². The van der Waals surface area contributed by atoms with E-state index in [0.717, 1.165) is 19.4 Å². The summed E-state index contributed by atoms with van der Waals surface area (Å²) in [5, 5.41) is 3.60. The molecule has 0 aromatic heterocycles. The van der Waals surface area contributed by atoms with Gasteiger partial charge in [-0.3, -0.25) is 4.90 Å². The molecular formula is C14H26N2. The molecule has 1 rings (SSSR count). The lowest BCUT2D eigenvalue weighted by Gasteiger charge is -2.42. The summed E-state index contributed by atoms with van der Waals surface area (Å²) in [7, 11) is 0. The SMILES string of the molecule is C#CCCC(NCC)C(C)(C)N1CCCC1. The van der Waals surface area contributed by atoms with Crippen LogP contribution in [0.5, 0.6) is 0 Å². The lowest BCUT2D eigenvalue weighted by atomic mass is 9.89. The van der Waals surface area contributed by atoms with Gasteiger partial charge in [0.1, 0.15) is 0 Å². The van der Waals surface area contributed by atoms with E-state index in [2.05, 4.69) is 36.9 Å². The molecule has 1 aliphatic heterocycles. The van der Waals surface area contributed by atoms with Gasteiger partial charge in [0.05, 0.1) is 0 Å². The van der Waals surface area contributed by atoms with Crippen molar-refractivity contribution in [3.8, 4) is 12.3 Å². The molecule has 2 nitrogen and oxygen atoms in total. The van der Waals surface area contributed by atoms with E-state index < -0.39 is 0 Å². The Morgan fingerprint density at radius 3 is 2.50 bits per heavy atom. The van der Waals surface area contributed by atoms with Crippen molar-refractivity contribution in [2.45, 2.75) is 58.0 Å². The maximum Gasteiger partial charge on any atom is 0.0306 e. The first-order chi connectivity index (χ1) is 7.62. The van der Waals surface area contributed by atoms with Crippen LogP contribution in [0.1, 0.15) is 46.5 Å². The average molecular weight is 222 g/mol. The number of likely N-dealkylation sites (tertiary alicyclic amines) is 1. The quantitative estimate of drug-likeness (QED) is 0.694. The molecule has 2 heteroatoms. The first-order valence-electron chi connectivity index (χ1n) is 6.54. The van der Waals surface area contributed by atoms with Crippen LogP contribution in [-0.2, 0) is 0 Å². The second kappa shape index (κ2) is 6.27. The molecule has 0 aromatic rings. The van der Waals surface area contributed by atoms with Gasteiger partial charge in [0.15, 0.2) is 0 Å². The zero-order valence-electron chi connectivity index (χ0n) is 11.1. The molecule has 1 aliphatic rings. The molecule has 0 aromatic carbocycles. The molecule has 1 saturated heterocycles. The summed E-state index contributed by atoms with van der Waals surface area (Å²) in [5.74, 6) is 2.76. The highest BCUT2D eigenvalue weighted by molar-refractivity contribution is 4.97. The van der Waals surface area contributed by atoms with Gasteiger partial charge in [-0.05, 0) is 52.7 Å². The van der Waals surface area contributed by atoms with E-state index in [1.54, 1.807) is 0 Å². The van der Waals surface area contributed by atoms with E-state index in [0.29, 0.717) is 6.04 Å². The van der Waals surface area contributed by atoms with Crippen LogP contribution in [0.25, 0.3) is 0 Å². The highest BCUT2D eigenvalue weighted by Crippen LogP contribution is 2.26. The van der Waals surface area contributed by atoms with Crippen LogP contribution in [0, 0.1) is 12.3 Å². The van der Waals surface area contributed by atoms with Gasteiger partial charge in [0, 0.05) is 18.0 Å². The molecule has 1 atom stereocenters. The predicted molar refractivity (Wildman–Crippen MR) is 70.4 cm³/mol. The minimum atomic E-state index is 0.226. The van der Waals surface area contributed by atoms with E-state index >= 15 is 0 Å². The Bertz CT molecular complexity index is 234. The standard InChI is InChI=1S/C14H26N2/c1-5-7-10-13(15-6-2)14(3,4)16-11-8-9-12-16/h1,13,15H,6-12H2,2-4H3. The van der Waals surface area contributed by atoms with Gasteiger partial charge < -0.3 is 5.32 Å². The smallest absolute Gasteiger partial charge is 0.0306 e. The van der Waals surface area contributed by atoms with Crippen molar-refractivity contribution in [2.24, 2.45) is 0 Å². The molecule has 16 heavy (non-hydrogen) atoms. The van der Waals surface area contributed by atoms with Gasteiger partial charge in [0.25, 0.3) is 0 Å². The molecule has 0 aliphatic carbocycles. The van der Waals surface area contributed by atoms with E-state index in [1.807, 2.05) is 0 Å². The van der Waals surface area contributed by atoms with Gasteiger partial charge in [-0.25, -0.2) is 0 Å². The van der Waals surface area contributed by atoms with Gasteiger partial charge in [-0.2, -0.15) is 0 Å². The van der Waals surface area contributed by atoms with Crippen molar-refractivity contribution in [3.05, 3.63) is 0 Å². The van der Waals surface area contributed by atoms with Crippen molar-refractivity contribution in [1.82, 2.24) is 10.2 Å². The molecule has 1 heterocycles. The van der Waals surface area contributed by atoms with Crippen molar-refractivity contribution in [1.29, 1.82) is 0 Å². The van der Waals surface area contributed by atoms with E-state index in [-0.39, 0.29) is 5.54 Å². The fourth-order valence-corrected chi connectivity index (χ4v) is 2.69. The molecular weight excluding hydrogens is 196 g/mol. The summed E-state index contributed by atoms with van der Waals surface area (Å²) in [5.41, 5.74) is 0.226. The summed E-state index contributed by atoms with van der Waals surface area (Å²) in [6.07, 6.45) is 10.0. The van der Waals surface area contributed by atoms with Crippen LogP contribution in [0.3, 0.4) is 0 Å². The topological polar surface area (TPSA) is 15.3 Å². The van der Waals surface area contributed by atoms with Gasteiger partial charge in [-0.1, -0.05) is 6.92 Å². The molecule has 0 spiro atoms. The molecule has 1 unspecified atom stereocenters. The van der Waals surface area contributed by atoms with Gasteiger partial charge in [-0.15, -0.1) is 12.3 Å². The number of nitrogens with one attached hydrogen (secondary N) is 1. The van der Waals surface area contributed by atoms with Gasteiger partial charge >= 0.3 is 0 Å². The third-order valence-electron chi connectivity index (χ3n) is 3.80. The van der Waals surface area contributed by atoms with Crippen LogP contribution >= 0.6 is 0 Å². The monoisotopic (exact) mass is 222 g/mol. The first-order valence-corrected chi connectivity index (χ1v) is 6.54. The number of nitrogens with zero attached hydrogens (tertiary/aromatic N) is 1. The highest BCUT2D eigenvalue weighted by atomic mass is 15.2. The van der Waals surface area contributed by atoms with Crippen molar-refractivity contribution in [3.63, 3.8) is 0 Å². The molecule has 0 saturated carbocycles. The maximum atomic E-state index is 5.38. The summed E-state index contributed by atoms with van der Waals surface area (Å²) >= 11 is 0. The number of likely N-dealkylation sites (N-methyl/N-ethyl adjacent to an activating group) is 1. The lowest BCUT2D eigenvalue weighted by Crippen LogP contribution is -2.56. The molecule has 1 N–H and O–H groups in total. The van der Waals surface area contributed by atoms with Crippen LogP contribution in [0.4, 0.5) is 0 Å². The Hall–Kier alpha value is -0.520. The number of hydrogen-bond acceptors (Lipinski definition) is 2. The minimum absolute atomic E-state index is 0.226. The Kier molecular flexibility index (Phi) is 5.31. The van der Waals surface area contributed by atoms with Gasteiger partial charge in [0.2, 0.25) is 0 Å². The third kappa shape index (κ3) is 3.23. The Labute approximate surface area is 101 Å². The predicted octanol–water partition coefficient (Wildman–Crippen LogP) is 2.25. The van der Waals surface area contributed by atoms with Crippen molar-refractivity contribution in [2.75, 3.05) is 19.6 Å². The molecule has 0 bridgehead atoms.